The van der Waals surface area contributed by atoms with Crippen molar-refractivity contribution in [1.82, 2.24) is 5.32 Å². The van der Waals surface area contributed by atoms with E-state index in [-0.39, 0.29) is 18.2 Å². The van der Waals surface area contributed by atoms with Crippen molar-refractivity contribution >= 4 is 17.7 Å². The molecule has 0 atom stereocenters. The van der Waals surface area contributed by atoms with Gasteiger partial charge in [-0.1, -0.05) is 11.6 Å². The maximum absolute atomic E-state index is 12.8. The molecule has 106 valence electrons. The molecule has 0 saturated heterocycles. The molecule has 6 heteroatoms. The van der Waals surface area contributed by atoms with Gasteiger partial charge in [-0.2, -0.15) is 0 Å². The molecular formula is C13H17ClFNO3. The summed E-state index contributed by atoms with van der Waals surface area (Å²) in [6, 6.07) is 3.85. The first-order chi connectivity index (χ1) is 8.78. The van der Waals surface area contributed by atoms with Crippen LogP contribution in [-0.4, -0.2) is 24.8 Å². The molecule has 0 unspecified atom stereocenters. The third-order valence-electron chi connectivity index (χ3n) is 1.92. The van der Waals surface area contributed by atoms with Crippen LogP contribution in [0.3, 0.4) is 0 Å². The van der Waals surface area contributed by atoms with E-state index in [2.05, 4.69) is 5.32 Å². The van der Waals surface area contributed by atoms with E-state index in [9.17, 15) is 9.18 Å². The highest BCUT2D eigenvalue weighted by atomic mass is 35.5. The van der Waals surface area contributed by atoms with Crippen LogP contribution >= 0.6 is 11.6 Å². The van der Waals surface area contributed by atoms with E-state index < -0.39 is 17.5 Å². The fourth-order valence-electron chi connectivity index (χ4n) is 1.22. The van der Waals surface area contributed by atoms with E-state index in [4.69, 9.17) is 21.1 Å². The van der Waals surface area contributed by atoms with Crippen LogP contribution in [0.15, 0.2) is 18.2 Å². The summed E-state index contributed by atoms with van der Waals surface area (Å²) in [6.45, 7) is 5.82. The van der Waals surface area contributed by atoms with Crippen LogP contribution in [0.2, 0.25) is 5.02 Å². The van der Waals surface area contributed by atoms with Crippen LogP contribution in [0, 0.1) is 5.82 Å². The van der Waals surface area contributed by atoms with Crippen molar-refractivity contribution in [2.24, 2.45) is 0 Å². The number of rotatable bonds is 4. The first-order valence-corrected chi connectivity index (χ1v) is 6.20. The maximum Gasteiger partial charge on any atom is 0.407 e. The molecule has 1 N–H and O–H groups in total. The zero-order valence-corrected chi connectivity index (χ0v) is 11.9. The van der Waals surface area contributed by atoms with Gasteiger partial charge < -0.3 is 14.8 Å². The van der Waals surface area contributed by atoms with Crippen molar-refractivity contribution in [3.05, 3.63) is 29.0 Å². The Bertz CT molecular complexity index is 446. The Balaban J connectivity index is 2.29. The predicted molar refractivity (Wildman–Crippen MR) is 71.1 cm³/mol. The lowest BCUT2D eigenvalue weighted by atomic mass is 10.2. The van der Waals surface area contributed by atoms with Crippen molar-refractivity contribution in [2.45, 2.75) is 26.4 Å². The highest BCUT2D eigenvalue weighted by Gasteiger charge is 2.15. The minimum absolute atomic E-state index is 0.192. The monoisotopic (exact) mass is 289 g/mol. The number of nitrogens with one attached hydrogen (secondary N) is 1. The van der Waals surface area contributed by atoms with Crippen molar-refractivity contribution in [3.8, 4) is 5.75 Å². The molecule has 1 amide bonds. The van der Waals surface area contributed by atoms with Crippen LogP contribution in [0.1, 0.15) is 20.8 Å². The van der Waals surface area contributed by atoms with Crippen LogP contribution in [-0.2, 0) is 4.74 Å². The molecule has 19 heavy (non-hydrogen) atoms. The summed E-state index contributed by atoms with van der Waals surface area (Å²) < 4.78 is 23.1. The van der Waals surface area contributed by atoms with Crippen molar-refractivity contribution in [2.75, 3.05) is 13.2 Å². The Morgan fingerprint density at radius 1 is 1.42 bits per heavy atom. The summed E-state index contributed by atoms with van der Waals surface area (Å²) >= 11 is 5.78. The number of carbonyl (C=O) groups excluding carboxylic acids is 1. The number of ether oxygens (including phenoxy) is 2. The average Bonchev–Trinajstić information content (AvgIpc) is 2.24. The Kier molecular flexibility index (Phi) is 5.42. The van der Waals surface area contributed by atoms with Crippen LogP contribution in [0.4, 0.5) is 9.18 Å². The second-order valence-corrected chi connectivity index (χ2v) is 5.26. The fourth-order valence-corrected chi connectivity index (χ4v) is 1.44. The second kappa shape index (κ2) is 6.61. The zero-order valence-electron chi connectivity index (χ0n) is 11.1. The average molecular weight is 290 g/mol. The maximum atomic E-state index is 12.8. The third-order valence-corrected chi connectivity index (χ3v) is 2.22. The third kappa shape index (κ3) is 6.29. The number of carbonyl (C=O) groups is 1. The Hall–Kier alpha value is -1.49. The summed E-state index contributed by atoms with van der Waals surface area (Å²) in [5.74, 6) is -0.0571. The first-order valence-electron chi connectivity index (χ1n) is 5.82. The van der Waals surface area contributed by atoms with Gasteiger partial charge in [-0.15, -0.1) is 0 Å². The first kappa shape index (κ1) is 15.6. The largest absolute Gasteiger partial charge is 0.490 e. The Morgan fingerprint density at radius 3 is 2.68 bits per heavy atom. The fraction of sp³-hybridized carbons (Fsp3) is 0.462. The van der Waals surface area contributed by atoms with E-state index in [0.717, 1.165) is 6.07 Å². The minimum atomic E-state index is -0.537. The molecule has 0 saturated carbocycles. The molecule has 1 aromatic rings. The van der Waals surface area contributed by atoms with Gasteiger partial charge >= 0.3 is 6.09 Å². The molecule has 0 heterocycles. The Labute approximate surface area is 116 Å². The highest BCUT2D eigenvalue weighted by Crippen LogP contribution is 2.24. The molecule has 0 aliphatic heterocycles. The highest BCUT2D eigenvalue weighted by molar-refractivity contribution is 6.32. The number of alkyl carbamates (subject to hydrolysis) is 1. The lowest BCUT2D eigenvalue weighted by molar-refractivity contribution is 0.0520. The molecule has 0 bridgehead atoms. The molecule has 1 aromatic carbocycles. The number of hydrogen-bond acceptors (Lipinski definition) is 3. The van der Waals surface area contributed by atoms with Gasteiger partial charge in [-0.3, -0.25) is 0 Å². The molecule has 4 nitrogen and oxygen atoms in total. The summed E-state index contributed by atoms with van der Waals surface area (Å²) in [6.07, 6.45) is -0.513. The molecule has 0 spiro atoms. The zero-order chi connectivity index (χ0) is 14.5. The van der Waals surface area contributed by atoms with Gasteiger partial charge in [-0.25, -0.2) is 9.18 Å². The molecule has 0 radical (unpaired) electrons. The normalized spacial score (nSPS) is 11.0. The molecule has 0 aliphatic carbocycles. The standard InChI is InChI=1S/C13H17ClFNO3/c1-13(2,3)19-12(17)16-6-7-18-11-5-4-9(15)8-10(11)14/h4-5,8H,6-7H2,1-3H3,(H,16,17). The number of halogens is 2. The van der Waals surface area contributed by atoms with Crippen molar-refractivity contribution in [1.29, 1.82) is 0 Å². The molecule has 0 aromatic heterocycles. The number of benzene rings is 1. The summed E-state index contributed by atoms with van der Waals surface area (Å²) in [4.78, 5) is 11.3. The van der Waals surface area contributed by atoms with Gasteiger partial charge in [0.05, 0.1) is 11.6 Å². The van der Waals surface area contributed by atoms with Gasteiger partial charge in [0.2, 0.25) is 0 Å². The lowest BCUT2D eigenvalue weighted by Gasteiger charge is -2.19. The van der Waals surface area contributed by atoms with Gasteiger partial charge in [-0.05, 0) is 39.0 Å². The van der Waals surface area contributed by atoms with Crippen LogP contribution in [0.5, 0.6) is 5.75 Å². The van der Waals surface area contributed by atoms with E-state index in [1.165, 1.54) is 12.1 Å². The SMILES string of the molecule is CC(C)(C)OC(=O)NCCOc1ccc(F)cc1Cl. The lowest BCUT2D eigenvalue weighted by Crippen LogP contribution is -2.34. The molecule has 0 fully saturated rings. The van der Waals surface area contributed by atoms with Crippen LogP contribution in [0.25, 0.3) is 0 Å². The smallest absolute Gasteiger partial charge is 0.407 e. The van der Waals surface area contributed by atoms with E-state index in [0.29, 0.717) is 5.75 Å². The number of hydrogen-bond donors (Lipinski definition) is 1. The second-order valence-electron chi connectivity index (χ2n) is 4.85. The van der Waals surface area contributed by atoms with Gasteiger partial charge in [0.1, 0.15) is 23.8 Å². The Morgan fingerprint density at radius 2 is 2.11 bits per heavy atom. The quantitative estimate of drug-likeness (QED) is 0.864. The molecule has 1 rings (SSSR count). The van der Waals surface area contributed by atoms with E-state index >= 15 is 0 Å². The molecular weight excluding hydrogens is 273 g/mol. The van der Waals surface area contributed by atoms with Crippen molar-refractivity contribution in [3.63, 3.8) is 0 Å². The van der Waals surface area contributed by atoms with Gasteiger partial charge in [0.25, 0.3) is 0 Å². The topological polar surface area (TPSA) is 47.6 Å². The molecule has 0 aliphatic rings. The number of amides is 1. The van der Waals surface area contributed by atoms with Crippen molar-refractivity contribution < 1.29 is 18.7 Å². The van der Waals surface area contributed by atoms with Gasteiger partial charge in [0.15, 0.2) is 0 Å². The summed E-state index contributed by atoms with van der Waals surface area (Å²) in [5.41, 5.74) is -0.537. The van der Waals surface area contributed by atoms with E-state index in [1.54, 1.807) is 20.8 Å². The summed E-state index contributed by atoms with van der Waals surface area (Å²) in [7, 11) is 0. The summed E-state index contributed by atoms with van der Waals surface area (Å²) in [5, 5.41) is 2.73. The van der Waals surface area contributed by atoms with E-state index in [1.807, 2.05) is 0 Å². The van der Waals surface area contributed by atoms with Gasteiger partial charge in [0, 0.05) is 0 Å². The predicted octanol–water partition coefficient (Wildman–Crippen LogP) is 3.38. The van der Waals surface area contributed by atoms with Crippen LogP contribution < -0.4 is 10.1 Å². The minimum Gasteiger partial charge on any atom is -0.490 e.